The molecule has 1 aromatic rings. The Bertz CT molecular complexity index is 570. The molecule has 0 spiro atoms. The SMILES string of the molecule is CCCN(CC)c1ccc(C(=O)N2CC(C)CC(C(=O)O)C2)cc1. The summed E-state index contributed by atoms with van der Waals surface area (Å²) in [6.07, 6.45) is 1.72. The van der Waals surface area contributed by atoms with Gasteiger partial charge in [0.05, 0.1) is 5.92 Å². The summed E-state index contributed by atoms with van der Waals surface area (Å²) in [7, 11) is 0. The molecule has 24 heavy (non-hydrogen) atoms. The summed E-state index contributed by atoms with van der Waals surface area (Å²) >= 11 is 0. The molecule has 0 radical (unpaired) electrons. The van der Waals surface area contributed by atoms with E-state index in [1.165, 1.54) is 0 Å². The second-order valence-electron chi connectivity index (χ2n) is 6.71. The zero-order valence-corrected chi connectivity index (χ0v) is 14.9. The van der Waals surface area contributed by atoms with Gasteiger partial charge in [0, 0.05) is 37.4 Å². The number of carbonyl (C=O) groups excluding carboxylic acids is 1. The Balaban J connectivity index is 2.10. The van der Waals surface area contributed by atoms with E-state index in [0.29, 0.717) is 25.1 Å². The predicted molar refractivity (Wildman–Crippen MR) is 95.4 cm³/mol. The monoisotopic (exact) mass is 332 g/mol. The molecule has 1 amide bonds. The lowest BCUT2D eigenvalue weighted by atomic mass is 9.90. The van der Waals surface area contributed by atoms with Gasteiger partial charge in [-0.25, -0.2) is 0 Å². The van der Waals surface area contributed by atoms with Gasteiger partial charge in [0.25, 0.3) is 5.91 Å². The molecule has 1 saturated heterocycles. The number of rotatable bonds is 6. The summed E-state index contributed by atoms with van der Waals surface area (Å²) in [5.74, 6) is -1.13. The van der Waals surface area contributed by atoms with Crippen LogP contribution in [0, 0.1) is 11.8 Å². The highest BCUT2D eigenvalue weighted by molar-refractivity contribution is 5.95. The Morgan fingerprint density at radius 1 is 1.21 bits per heavy atom. The molecule has 2 unspecified atom stereocenters. The van der Waals surface area contributed by atoms with Crippen LogP contribution in [0.2, 0.25) is 0 Å². The fourth-order valence-corrected chi connectivity index (χ4v) is 3.43. The summed E-state index contributed by atoms with van der Waals surface area (Å²) < 4.78 is 0. The summed E-state index contributed by atoms with van der Waals surface area (Å²) in [4.78, 5) is 27.9. The first-order valence-corrected chi connectivity index (χ1v) is 8.83. The van der Waals surface area contributed by atoms with E-state index < -0.39 is 11.9 Å². The minimum absolute atomic E-state index is 0.0714. The van der Waals surface area contributed by atoms with Crippen LogP contribution in [0.4, 0.5) is 5.69 Å². The average Bonchev–Trinajstić information content (AvgIpc) is 2.58. The smallest absolute Gasteiger partial charge is 0.308 e. The first kappa shape index (κ1) is 18.3. The van der Waals surface area contributed by atoms with E-state index in [9.17, 15) is 14.7 Å². The Morgan fingerprint density at radius 3 is 2.42 bits per heavy atom. The van der Waals surface area contributed by atoms with Gasteiger partial charge in [-0.3, -0.25) is 9.59 Å². The van der Waals surface area contributed by atoms with E-state index >= 15 is 0 Å². The largest absolute Gasteiger partial charge is 0.481 e. The molecule has 5 nitrogen and oxygen atoms in total. The number of hydrogen-bond acceptors (Lipinski definition) is 3. The molecule has 0 aliphatic carbocycles. The lowest BCUT2D eigenvalue weighted by molar-refractivity contribution is -0.143. The number of piperidine rings is 1. The molecular weight excluding hydrogens is 304 g/mol. The number of benzene rings is 1. The van der Waals surface area contributed by atoms with Crippen molar-refractivity contribution in [3.63, 3.8) is 0 Å². The molecule has 132 valence electrons. The molecule has 0 saturated carbocycles. The molecular formula is C19H28N2O3. The Morgan fingerprint density at radius 2 is 1.88 bits per heavy atom. The van der Waals surface area contributed by atoms with E-state index in [2.05, 4.69) is 18.7 Å². The van der Waals surface area contributed by atoms with Crippen LogP contribution in [0.3, 0.4) is 0 Å². The summed E-state index contributed by atoms with van der Waals surface area (Å²) in [6.45, 7) is 9.13. The summed E-state index contributed by atoms with van der Waals surface area (Å²) in [5.41, 5.74) is 1.75. The normalized spacial score (nSPS) is 20.7. The molecule has 2 rings (SSSR count). The van der Waals surface area contributed by atoms with Crippen molar-refractivity contribution >= 4 is 17.6 Å². The second-order valence-corrected chi connectivity index (χ2v) is 6.71. The highest BCUT2D eigenvalue weighted by Gasteiger charge is 2.32. The average molecular weight is 332 g/mol. The minimum atomic E-state index is -0.812. The molecule has 0 aromatic heterocycles. The lowest BCUT2D eigenvalue weighted by Gasteiger charge is -2.34. The number of likely N-dealkylation sites (tertiary alicyclic amines) is 1. The fraction of sp³-hybridized carbons (Fsp3) is 0.579. The zero-order chi connectivity index (χ0) is 17.7. The first-order valence-electron chi connectivity index (χ1n) is 8.83. The molecule has 5 heteroatoms. The molecule has 1 heterocycles. The maximum atomic E-state index is 12.7. The number of anilines is 1. The van der Waals surface area contributed by atoms with E-state index in [0.717, 1.165) is 25.2 Å². The van der Waals surface area contributed by atoms with Crippen molar-refractivity contribution in [2.24, 2.45) is 11.8 Å². The third-order valence-electron chi connectivity index (χ3n) is 4.65. The molecule has 1 fully saturated rings. The molecule has 0 bridgehead atoms. The summed E-state index contributed by atoms with van der Waals surface area (Å²) in [6, 6.07) is 7.67. The Kier molecular flexibility index (Phi) is 6.23. The topological polar surface area (TPSA) is 60.9 Å². The highest BCUT2D eigenvalue weighted by Crippen LogP contribution is 2.24. The van der Waals surface area contributed by atoms with Crippen LogP contribution in [0.5, 0.6) is 0 Å². The van der Waals surface area contributed by atoms with Gasteiger partial charge in [-0.1, -0.05) is 13.8 Å². The predicted octanol–water partition coefficient (Wildman–Crippen LogP) is 3.11. The maximum Gasteiger partial charge on any atom is 0.308 e. The van der Waals surface area contributed by atoms with Gasteiger partial charge in [-0.15, -0.1) is 0 Å². The second kappa shape index (κ2) is 8.18. The number of carboxylic acids is 1. The minimum Gasteiger partial charge on any atom is -0.481 e. The van der Waals surface area contributed by atoms with Crippen LogP contribution in [0.25, 0.3) is 0 Å². The van der Waals surface area contributed by atoms with Gasteiger partial charge in [-0.05, 0) is 49.9 Å². The van der Waals surface area contributed by atoms with Crippen LogP contribution < -0.4 is 4.90 Å². The standard InChI is InChI=1S/C19H28N2O3/c1-4-10-20(5-2)17-8-6-15(7-9-17)18(22)21-12-14(3)11-16(13-21)19(23)24/h6-9,14,16H,4-5,10-13H2,1-3H3,(H,23,24). The molecule has 1 aliphatic rings. The van der Waals surface area contributed by atoms with Gasteiger partial charge in [0.15, 0.2) is 0 Å². The molecule has 1 aromatic carbocycles. The van der Waals surface area contributed by atoms with Crippen molar-refractivity contribution in [1.29, 1.82) is 0 Å². The Hall–Kier alpha value is -2.04. The van der Waals surface area contributed by atoms with Crippen LogP contribution in [0.15, 0.2) is 24.3 Å². The Labute approximate surface area is 144 Å². The van der Waals surface area contributed by atoms with Crippen LogP contribution >= 0.6 is 0 Å². The third-order valence-corrected chi connectivity index (χ3v) is 4.65. The van der Waals surface area contributed by atoms with Crippen molar-refractivity contribution in [3.05, 3.63) is 29.8 Å². The highest BCUT2D eigenvalue weighted by atomic mass is 16.4. The van der Waals surface area contributed by atoms with E-state index in [4.69, 9.17) is 0 Å². The van der Waals surface area contributed by atoms with E-state index in [1.54, 1.807) is 4.90 Å². The number of amides is 1. The van der Waals surface area contributed by atoms with Crippen molar-refractivity contribution < 1.29 is 14.7 Å². The number of nitrogens with zero attached hydrogens (tertiary/aromatic N) is 2. The van der Waals surface area contributed by atoms with Gasteiger partial charge in [0.2, 0.25) is 0 Å². The number of carboxylic acid groups (broad SMARTS) is 1. The molecule has 2 atom stereocenters. The summed E-state index contributed by atoms with van der Waals surface area (Å²) in [5, 5.41) is 9.26. The number of hydrogen-bond donors (Lipinski definition) is 1. The van der Waals surface area contributed by atoms with Gasteiger partial charge < -0.3 is 14.9 Å². The van der Waals surface area contributed by atoms with Gasteiger partial charge in [0.1, 0.15) is 0 Å². The van der Waals surface area contributed by atoms with E-state index in [-0.39, 0.29) is 11.8 Å². The third kappa shape index (κ3) is 4.28. The molecule has 1 N–H and O–H groups in total. The van der Waals surface area contributed by atoms with Crippen molar-refractivity contribution in [1.82, 2.24) is 4.90 Å². The zero-order valence-electron chi connectivity index (χ0n) is 14.9. The lowest BCUT2D eigenvalue weighted by Crippen LogP contribution is -2.45. The quantitative estimate of drug-likeness (QED) is 0.869. The first-order chi connectivity index (χ1) is 11.5. The van der Waals surface area contributed by atoms with Gasteiger partial charge >= 0.3 is 5.97 Å². The van der Waals surface area contributed by atoms with Crippen LogP contribution in [0.1, 0.15) is 44.0 Å². The van der Waals surface area contributed by atoms with E-state index in [1.807, 2.05) is 31.2 Å². The maximum absolute atomic E-state index is 12.7. The van der Waals surface area contributed by atoms with Gasteiger partial charge in [-0.2, -0.15) is 0 Å². The van der Waals surface area contributed by atoms with Crippen molar-refractivity contribution in [2.75, 3.05) is 31.1 Å². The number of carbonyl (C=O) groups is 2. The number of aliphatic carboxylic acids is 1. The molecule has 1 aliphatic heterocycles. The van der Waals surface area contributed by atoms with Crippen molar-refractivity contribution in [3.8, 4) is 0 Å². The van der Waals surface area contributed by atoms with Crippen LogP contribution in [-0.2, 0) is 4.79 Å². The van der Waals surface area contributed by atoms with Crippen LogP contribution in [-0.4, -0.2) is 48.1 Å². The van der Waals surface area contributed by atoms with Crippen molar-refractivity contribution in [2.45, 2.75) is 33.6 Å². The fourth-order valence-electron chi connectivity index (χ4n) is 3.43.